The van der Waals surface area contributed by atoms with Crippen LogP contribution in [0.1, 0.15) is 11.8 Å². The van der Waals surface area contributed by atoms with E-state index >= 15 is 0 Å². The number of nitrogens with two attached hydrogens (primary N) is 1. The van der Waals surface area contributed by atoms with Gasteiger partial charge < -0.3 is 25.8 Å². The van der Waals surface area contributed by atoms with Gasteiger partial charge in [-0.3, -0.25) is 4.57 Å². The highest BCUT2D eigenvalue weighted by Gasteiger charge is 2.44. The minimum Gasteiger partial charge on any atom is -0.394 e. The molecule has 9 heteroatoms. The van der Waals surface area contributed by atoms with E-state index in [1.54, 1.807) is 0 Å². The van der Waals surface area contributed by atoms with Crippen molar-refractivity contribution in [3.63, 3.8) is 0 Å². The highest BCUT2D eigenvalue weighted by atomic mass is 16.6. The first kappa shape index (κ1) is 17.0. The molecule has 4 atom stereocenters. The Hall–Kier alpha value is -2.43. The van der Waals surface area contributed by atoms with Crippen molar-refractivity contribution < 1.29 is 20.1 Å². The maximum absolute atomic E-state index is 10.3. The van der Waals surface area contributed by atoms with Gasteiger partial charge in [0.1, 0.15) is 35.8 Å². The molecule has 0 unspecified atom stereocenters. The van der Waals surface area contributed by atoms with Crippen LogP contribution < -0.4 is 5.73 Å². The van der Waals surface area contributed by atoms with Gasteiger partial charge in [-0.05, 0) is 5.56 Å². The van der Waals surface area contributed by atoms with E-state index in [0.717, 1.165) is 11.1 Å². The topological polar surface area (TPSA) is 140 Å². The molecule has 1 saturated heterocycles. The summed E-state index contributed by atoms with van der Waals surface area (Å²) in [5.41, 5.74) is 9.22. The summed E-state index contributed by atoms with van der Waals surface area (Å²) in [7, 11) is 0. The van der Waals surface area contributed by atoms with E-state index in [9.17, 15) is 15.3 Å². The van der Waals surface area contributed by atoms with Gasteiger partial charge in [-0.25, -0.2) is 15.0 Å². The second kappa shape index (κ2) is 6.71. The number of hydrogen-bond donors (Lipinski definition) is 4. The highest BCUT2D eigenvalue weighted by molar-refractivity contribution is 5.88. The Balaban J connectivity index is 1.82. The van der Waals surface area contributed by atoms with E-state index in [2.05, 4.69) is 15.0 Å². The lowest BCUT2D eigenvalue weighted by molar-refractivity contribution is -0.0511. The van der Waals surface area contributed by atoms with Crippen molar-refractivity contribution in [1.29, 1.82) is 0 Å². The standard InChI is InChI=1S/C17H19N5O4/c18-5-9-3-1-2-4-10(9)12-13-16(20-7-19-12)22(8-21-13)17-15(25)14(24)11(6-23)26-17/h1-4,7-8,11,14-15,17,23-25H,5-6,18H2/t11-,14-,15-,17-/m1/s1. The maximum Gasteiger partial charge on any atom is 0.166 e. The molecule has 3 aromatic rings. The lowest BCUT2D eigenvalue weighted by Crippen LogP contribution is -2.33. The summed E-state index contributed by atoms with van der Waals surface area (Å²) in [5.74, 6) is 0. The van der Waals surface area contributed by atoms with Crippen molar-refractivity contribution in [2.24, 2.45) is 5.73 Å². The summed E-state index contributed by atoms with van der Waals surface area (Å²) < 4.78 is 7.11. The number of aliphatic hydroxyl groups is 3. The fourth-order valence-corrected chi connectivity index (χ4v) is 3.27. The molecule has 4 rings (SSSR count). The summed E-state index contributed by atoms with van der Waals surface area (Å²) >= 11 is 0. The van der Waals surface area contributed by atoms with Crippen molar-refractivity contribution >= 4 is 11.2 Å². The molecule has 5 N–H and O–H groups in total. The van der Waals surface area contributed by atoms with Gasteiger partial charge in [-0.1, -0.05) is 24.3 Å². The van der Waals surface area contributed by atoms with E-state index in [1.165, 1.54) is 17.2 Å². The third-order valence-corrected chi connectivity index (χ3v) is 4.64. The van der Waals surface area contributed by atoms with Gasteiger partial charge >= 0.3 is 0 Å². The second-order valence-electron chi connectivity index (χ2n) is 6.14. The normalized spacial score (nSPS) is 25.8. The molecule has 3 heterocycles. The first-order valence-electron chi connectivity index (χ1n) is 8.24. The summed E-state index contributed by atoms with van der Waals surface area (Å²) in [4.78, 5) is 13.0. The van der Waals surface area contributed by atoms with Crippen LogP contribution in [0, 0.1) is 0 Å². The first-order valence-corrected chi connectivity index (χ1v) is 8.24. The number of fused-ring (bicyclic) bond motifs is 1. The van der Waals surface area contributed by atoms with Crippen LogP contribution in [-0.4, -0.2) is 59.8 Å². The quantitative estimate of drug-likeness (QED) is 0.493. The smallest absolute Gasteiger partial charge is 0.166 e. The molecule has 0 aliphatic carbocycles. The van der Waals surface area contributed by atoms with Crippen LogP contribution in [0.3, 0.4) is 0 Å². The van der Waals surface area contributed by atoms with E-state index in [1.807, 2.05) is 24.3 Å². The Kier molecular flexibility index (Phi) is 4.39. The van der Waals surface area contributed by atoms with Crippen LogP contribution in [0.25, 0.3) is 22.4 Å². The van der Waals surface area contributed by atoms with Crippen LogP contribution in [0.4, 0.5) is 0 Å². The molecule has 0 spiro atoms. The van der Waals surface area contributed by atoms with E-state index in [0.29, 0.717) is 23.4 Å². The summed E-state index contributed by atoms with van der Waals surface area (Å²) in [6.07, 6.45) is -1.29. The average molecular weight is 357 g/mol. The van der Waals surface area contributed by atoms with Gasteiger partial charge in [-0.15, -0.1) is 0 Å². The molecule has 1 aliphatic rings. The molecule has 0 saturated carbocycles. The molecular weight excluding hydrogens is 338 g/mol. The molecule has 1 aliphatic heterocycles. The average Bonchev–Trinajstić information content (AvgIpc) is 3.23. The summed E-state index contributed by atoms with van der Waals surface area (Å²) in [6.45, 7) is -0.0390. The first-order chi connectivity index (χ1) is 12.7. The highest BCUT2D eigenvalue weighted by Crippen LogP contribution is 2.33. The minimum absolute atomic E-state index is 0.358. The van der Waals surface area contributed by atoms with Crippen LogP contribution in [-0.2, 0) is 11.3 Å². The van der Waals surface area contributed by atoms with Crippen LogP contribution in [0.2, 0.25) is 0 Å². The Morgan fingerprint density at radius 3 is 2.65 bits per heavy atom. The Morgan fingerprint density at radius 2 is 1.92 bits per heavy atom. The third kappa shape index (κ3) is 2.57. The number of ether oxygens (including phenoxy) is 1. The van der Waals surface area contributed by atoms with Gasteiger partial charge in [0.25, 0.3) is 0 Å². The zero-order valence-electron chi connectivity index (χ0n) is 13.8. The van der Waals surface area contributed by atoms with Crippen molar-refractivity contribution in [2.75, 3.05) is 6.61 Å². The zero-order valence-corrected chi connectivity index (χ0v) is 13.8. The molecule has 0 radical (unpaired) electrons. The van der Waals surface area contributed by atoms with E-state index in [4.69, 9.17) is 10.5 Å². The predicted molar refractivity (Wildman–Crippen MR) is 91.7 cm³/mol. The van der Waals surface area contributed by atoms with Gasteiger partial charge in [0.15, 0.2) is 11.9 Å². The van der Waals surface area contributed by atoms with Crippen LogP contribution >= 0.6 is 0 Å². The second-order valence-corrected chi connectivity index (χ2v) is 6.14. The SMILES string of the molecule is NCc1ccccc1-c1ncnc2c1ncn2[C@@H]1O[C@H](CO)[C@@H](O)[C@H]1O. The van der Waals surface area contributed by atoms with Gasteiger partial charge in [-0.2, -0.15) is 0 Å². The zero-order chi connectivity index (χ0) is 18.3. The van der Waals surface area contributed by atoms with Crippen molar-refractivity contribution in [3.05, 3.63) is 42.5 Å². The minimum atomic E-state index is -1.21. The molecule has 0 amide bonds. The molecule has 9 nitrogen and oxygen atoms in total. The lowest BCUT2D eigenvalue weighted by Gasteiger charge is -2.16. The van der Waals surface area contributed by atoms with Crippen molar-refractivity contribution in [2.45, 2.75) is 31.1 Å². The largest absolute Gasteiger partial charge is 0.394 e. The number of hydrogen-bond acceptors (Lipinski definition) is 8. The molecule has 26 heavy (non-hydrogen) atoms. The molecule has 0 bridgehead atoms. The Bertz CT molecular complexity index is 930. The summed E-state index contributed by atoms with van der Waals surface area (Å²) in [6, 6.07) is 7.63. The van der Waals surface area contributed by atoms with Crippen molar-refractivity contribution in [3.8, 4) is 11.3 Å². The Morgan fingerprint density at radius 1 is 1.12 bits per heavy atom. The monoisotopic (exact) mass is 357 g/mol. The predicted octanol–water partition coefficient (Wildman–Crippen LogP) is -0.437. The third-order valence-electron chi connectivity index (χ3n) is 4.64. The van der Waals surface area contributed by atoms with Crippen LogP contribution in [0.5, 0.6) is 0 Å². The van der Waals surface area contributed by atoms with Gasteiger partial charge in [0.2, 0.25) is 0 Å². The van der Waals surface area contributed by atoms with Gasteiger partial charge in [0, 0.05) is 12.1 Å². The number of nitrogens with zero attached hydrogens (tertiary/aromatic N) is 4. The molecular formula is C17H19N5O4. The lowest BCUT2D eigenvalue weighted by atomic mass is 10.0. The number of benzene rings is 1. The number of imidazole rings is 1. The van der Waals surface area contributed by atoms with Gasteiger partial charge in [0.05, 0.1) is 12.9 Å². The maximum atomic E-state index is 10.3. The molecule has 1 fully saturated rings. The summed E-state index contributed by atoms with van der Waals surface area (Å²) in [5, 5.41) is 29.5. The molecule has 2 aromatic heterocycles. The molecule has 1 aromatic carbocycles. The van der Waals surface area contributed by atoms with Crippen LogP contribution in [0.15, 0.2) is 36.9 Å². The fourth-order valence-electron chi connectivity index (χ4n) is 3.27. The van der Waals surface area contributed by atoms with Crippen molar-refractivity contribution in [1.82, 2.24) is 19.5 Å². The fraction of sp³-hybridized carbons (Fsp3) is 0.353. The van der Waals surface area contributed by atoms with E-state index in [-0.39, 0.29) is 0 Å². The number of rotatable bonds is 4. The Labute approximate surface area is 148 Å². The number of aliphatic hydroxyl groups excluding tert-OH is 3. The number of aromatic nitrogens is 4. The molecule has 136 valence electrons. The van der Waals surface area contributed by atoms with E-state index < -0.39 is 31.1 Å².